The summed E-state index contributed by atoms with van der Waals surface area (Å²) in [5.74, 6) is -1.50. The highest BCUT2D eigenvalue weighted by molar-refractivity contribution is 6.30. The minimum atomic E-state index is -0.874. The summed E-state index contributed by atoms with van der Waals surface area (Å²) in [6, 6.07) is 15.0. The van der Waals surface area contributed by atoms with E-state index in [1.165, 1.54) is 4.90 Å². The van der Waals surface area contributed by atoms with Crippen LogP contribution in [-0.4, -0.2) is 78.3 Å². The first-order valence-electron chi connectivity index (χ1n) is 14.8. The molecule has 0 unspecified atom stereocenters. The van der Waals surface area contributed by atoms with Gasteiger partial charge in [0, 0.05) is 37.0 Å². The molecule has 0 spiro atoms. The SMILES string of the molecule is CN[C@@H](C)C(=O)N[C@H](C(=O)NCC(=O)N1C=CN(CCc2cccc(Cl)c2)C(=O)[C@@H]1CCOCc1ccccc1)C(C)(C)C. The lowest BCUT2D eigenvalue weighted by Crippen LogP contribution is -2.58. The summed E-state index contributed by atoms with van der Waals surface area (Å²) in [5.41, 5.74) is 1.39. The van der Waals surface area contributed by atoms with Gasteiger partial charge in [0.1, 0.15) is 12.1 Å². The van der Waals surface area contributed by atoms with Crippen LogP contribution in [0.5, 0.6) is 0 Å². The van der Waals surface area contributed by atoms with Crippen LogP contribution < -0.4 is 16.0 Å². The normalized spacial score (nSPS) is 16.4. The fourth-order valence-electron chi connectivity index (χ4n) is 4.68. The molecule has 0 fully saturated rings. The number of ether oxygens (including phenoxy) is 1. The van der Waals surface area contributed by atoms with Gasteiger partial charge in [-0.05, 0) is 49.1 Å². The van der Waals surface area contributed by atoms with Crippen molar-refractivity contribution in [1.29, 1.82) is 0 Å². The highest BCUT2D eigenvalue weighted by Gasteiger charge is 2.36. The number of hydrogen-bond donors (Lipinski definition) is 3. The van der Waals surface area contributed by atoms with Crippen LogP contribution in [0.4, 0.5) is 0 Å². The Balaban J connectivity index is 1.69. The van der Waals surface area contributed by atoms with Crippen LogP contribution in [0.1, 0.15) is 45.2 Å². The summed E-state index contributed by atoms with van der Waals surface area (Å²) < 4.78 is 5.85. The highest BCUT2D eigenvalue weighted by Crippen LogP contribution is 2.21. The second-order valence-corrected chi connectivity index (χ2v) is 12.3. The van der Waals surface area contributed by atoms with E-state index in [0.29, 0.717) is 24.6 Å². The lowest BCUT2D eigenvalue weighted by molar-refractivity contribution is -0.144. The van der Waals surface area contributed by atoms with Gasteiger partial charge in [-0.25, -0.2) is 0 Å². The van der Waals surface area contributed by atoms with E-state index >= 15 is 0 Å². The first-order chi connectivity index (χ1) is 20.9. The van der Waals surface area contributed by atoms with Gasteiger partial charge in [0.25, 0.3) is 0 Å². The van der Waals surface area contributed by atoms with Crippen molar-refractivity contribution in [2.75, 3.05) is 26.7 Å². The number of nitrogens with one attached hydrogen (secondary N) is 3. The van der Waals surface area contributed by atoms with Gasteiger partial charge >= 0.3 is 0 Å². The van der Waals surface area contributed by atoms with Crippen LogP contribution in [0.2, 0.25) is 5.02 Å². The first kappa shape index (κ1) is 34.8. The van der Waals surface area contributed by atoms with Gasteiger partial charge in [0.2, 0.25) is 23.6 Å². The van der Waals surface area contributed by atoms with E-state index in [-0.39, 0.29) is 31.4 Å². The summed E-state index contributed by atoms with van der Waals surface area (Å²) in [5, 5.41) is 8.92. The minimum Gasteiger partial charge on any atom is -0.377 e. The number of amides is 4. The van der Waals surface area contributed by atoms with Crippen molar-refractivity contribution >= 4 is 35.2 Å². The number of carbonyl (C=O) groups is 4. The van der Waals surface area contributed by atoms with E-state index in [0.717, 1.165) is 11.1 Å². The van der Waals surface area contributed by atoms with E-state index in [2.05, 4.69) is 16.0 Å². The molecule has 11 heteroatoms. The average molecular weight is 626 g/mol. The van der Waals surface area contributed by atoms with E-state index in [1.54, 1.807) is 37.3 Å². The maximum atomic E-state index is 13.6. The van der Waals surface area contributed by atoms with Gasteiger partial charge in [-0.3, -0.25) is 19.2 Å². The Morgan fingerprint density at radius 1 is 1.00 bits per heavy atom. The third-order valence-electron chi connectivity index (χ3n) is 7.43. The maximum absolute atomic E-state index is 13.6. The number of carbonyl (C=O) groups excluding carboxylic acids is 4. The molecule has 1 aliphatic heterocycles. The summed E-state index contributed by atoms with van der Waals surface area (Å²) in [6.07, 6.45) is 4.02. The van der Waals surface area contributed by atoms with Crippen molar-refractivity contribution in [3.63, 3.8) is 0 Å². The topological polar surface area (TPSA) is 120 Å². The molecule has 3 rings (SSSR count). The molecule has 0 saturated heterocycles. The molecule has 44 heavy (non-hydrogen) atoms. The zero-order valence-corrected chi connectivity index (χ0v) is 26.9. The molecule has 0 radical (unpaired) electrons. The van der Waals surface area contributed by atoms with Crippen LogP contribution in [0.15, 0.2) is 67.0 Å². The molecule has 0 bridgehead atoms. The second-order valence-electron chi connectivity index (χ2n) is 11.9. The van der Waals surface area contributed by atoms with Gasteiger partial charge < -0.3 is 30.5 Å². The molecule has 2 aromatic rings. The molecule has 2 aromatic carbocycles. The van der Waals surface area contributed by atoms with Crippen molar-refractivity contribution in [3.05, 3.63) is 83.1 Å². The number of halogens is 1. The fraction of sp³-hybridized carbons (Fsp3) is 0.455. The summed E-state index contributed by atoms with van der Waals surface area (Å²) in [6.45, 7) is 7.89. The first-order valence-corrected chi connectivity index (χ1v) is 15.2. The molecule has 0 aliphatic carbocycles. The lowest BCUT2D eigenvalue weighted by Gasteiger charge is -2.36. The summed E-state index contributed by atoms with van der Waals surface area (Å²) in [7, 11) is 1.66. The average Bonchev–Trinajstić information content (AvgIpc) is 2.99. The summed E-state index contributed by atoms with van der Waals surface area (Å²) in [4.78, 5) is 55.7. The van der Waals surface area contributed by atoms with E-state index in [4.69, 9.17) is 16.3 Å². The standard InChI is InChI=1S/C33H44ClN5O5/c1-23(35-5)30(41)37-29(33(2,3)4)31(42)36-21-28(40)39-18-17-38(16-14-24-12-9-13-26(34)20-24)32(43)27(39)15-19-44-22-25-10-7-6-8-11-25/h6-13,17-18,20,23,27,29,35H,14-16,19,21-22H2,1-5H3,(H,36,42)(H,37,41)/t23-,27-,29+/m0/s1. The van der Waals surface area contributed by atoms with Crippen LogP contribution in [0, 0.1) is 5.41 Å². The smallest absolute Gasteiger partial charge is 0.249 e. The quantitative estimate of drug-likeness (QED) is 0.277. The molecular formula is C33H44ClN5O5. The Bertz CT molecular complexity index is 1310. The number of benzene rings is 2. The van der Waals surface area contributed by atoms with Crippen molar-refractivity contribution < 1.29 is 23.9 Å². The molecule has 1 heterocycles. The van der Waals surface area contributed by atoms with Gasteiger partial charge in [-0.2, -0.15) is 0 Å². The minimum absolute atomic E-state index is 0.238. The Morgan fingerprint density at radius 3 is 2.36 bits per heavy atom. The molecule has 10 nitrogen and oxygen atoms in total. The van der Waals surface area contributed by atoms with Crippen LogP contribution in [0.3, 0.4) is 0 Å². The van der Waals surface area contributed by atoms with E-state index in [9.17, 15) is 19.2 Å². The van der Waals surface area contributed by atoms with Crippen molar-refractivity contribution in [3.8, 4) is 0 Å². The van der Waals surface area contributed by atoms with Gasteiger partial charge in [-0.15, -0.1) is 0 Å². The lowest BCUT2D eigenvalue weighted by atomic mass is 9.86. The van der Waals surface area contributed by atoms with Gasteiger partial charge in [-0.1, -0.05) is 74.8 Å². The van der Waals surface area contributed by atoms with Crippen molar-refractivity contribution in [2.45, 2.75) is 65.3 Å². The zero-order chi connectivity index (χ0) is 32.3. The highest BCUT2D eigenvalue weighted by atomic mass is 35.5. The third kappa shape index (κ3) is 10.2. The zero-order valence-electron chi connectivity index (χ0n) is 26.1. The molecule has 238 valence electrons. The predicted molar refractivity (Wildman–Crippen MR) is 170 cm³/mol. The Hall–Kier alpha value is -3.73. The molecule has 1 aliphatic rings. The van der Waals surface area contributed by atoms with Gasteiger partial charge in [0.05, 0.1) is 19.2 Å². The Labute approximate surface area is 265 Å². The second kappa shape index (κ2) is 16.4. The number of hydrogen-bond acceptors (Lipinski definition) is 6. The van der Waals surface area contributed by atoms with Crippen LogP contribution in [0.25, 0.3) is 0 Å². The number of nitrogens with zero attached hydrogens (tertiary/aromatic N) is 2. The predicted octanol–water partition coefficient (Wildman–Crippen LogP) is 3.26. The van der Waals surface area contributed by atoms with E-state index < -0.39 is 35.4 Å². The maximum Gasteiger partial charge on any atom is 0.249 e. The molecule has 0 saturated carbocycles. The molecule has 3 N–H and O–H groups in total. The molecule has 4 amide bonds. The van der Waals surface area contributed by atoms with Crippen LogP contribution >= 0.6 is 11.6 Å². The van der Waals surface area contributed by atoms with Gasteiger partial charge in [0.15, 0.2) is 0 Å². The molecule has 3 atom stereocenters. The molecular weight excluding hydrogens is 582 g/mol. The largest absolute Gasteiger partial charge is 0.377 e. The Morgan fingerprint density at radius 2 is 1.70 bits per heavy atom. The van der Waals surface area contributed by atoms with Crippen molar-refractivity contribution in [1.82, 2.24) is 25.8 Å². The van der Waals surface area contributed by atoms with E-state index in [1.807, 2.05) is 69.3 Å². The monoisotopic (exact) mass is 625 g/mol. The van der Waals surface area contributed by atoms with Crippen LogP contribution in [-0.2, 0) is 36.9 Å². The number of likely N-dealkylation sites (N-methyl/N-ethyl adjacent to an activating group) is 1. The molecule has 0 aromatic heterocycles. The number of rotatable bonds is 14. The summed E-state index contributed by atoms with van der Waals surface area (Å²) >= 11 is 6.12. The van der Waals surface area contributed by atoms with Crippen molar-refractivity contribution in [2.24, 2.45) is 5.41 Å². The third-order valence-corrected chi connectivity index (χ3v) is 7.67. The fourth-order valence-corrected chi connectivity index (χ4v) is 4.89. The Kier molecular flexibility index (Phi) is 12.9.